The second kappa shape index (κ2) is 4.10. The van der Waals surface area contributed by atoms with E-state index in [1.54, 1.807) is 0 Å². The first-order valence-electron chi connectivity index (χ1n) is 5.50. The minimum absolute atomic E-state index is 0.226. The van der Waals surface area contributed by atoms with E-state index in [4.69, 9.17) is 0 Å². The molecule has 0 radical (unpaired) electrons. The van der Waals surface area contributed by atoms with Gasteiger partial charge >= 0.3 is 5.69 Å². The first kappa shape index (κ1) is 10.2. The van der Waals surface area contributed by atoms with Crippen LogP contribution in [0.1, 0.15) is 11.3 Å². The predicted octanol–water partition coefficient (Wildman–Crippen LogP) is -0.0737. The third-order valence-electron chi connectivity index (χ3n) is 3.01. The molecule has 1 aromatic heterocycles. The van der Waals surface area contributed by atoms with Gasteiger partial charge in [-0.15, -0.1) is 0 Å². The zero-order chi connectivity index (χ0) is 11.0. The van der Waals surface area contributed by atoms with Crippen molar-refractivity contribution in [1.82, 2.24) is 15.3 Å². The van der Waals surface area contributed by atoms with E-state index in [1.165, 1.54) is 5.56 Å². The number of hydrogen-bond acceptors (Lipinski definition) is 5. The van der Waals surface area contributed by atoms with Gasteiger partial charge < -0.3 is 15.2 Å². The number of aromatic amines is 1. The molecule has 0 saturated carbocycles. The summed E-state index contributed by atoms with van der Waals surface area (Å²) in [5, 5.41) is 3.25. The number of H-pyrrole nitrogens is 1. The summed E-state index contributed by atoms with van der Waals surface area (Å²) >= 11 is 1.96. The van der Waals surface area contributed by atoms with Crippen molar-refractivity contribution >= 4 is 17.6 Å². The zero-order valence-corrected chi connectivity index (χ0v) is 9.77. The highest BCUT2D eigenvalue weighted by atomic mass is 32.2. The lowest BCUT2D eigenvalue weighted by Crippen LogP contribution is -2.35. The molecular formula is C10H14N4OS. The molecule has 0 aliphatic carbocycles. The summed E-state index contributed by atoms with van der Waals surface area (Å²) in [5.41, 5.74) is 1.95. The van der Waals surface area contributed by atoms with Crippen LogP contribution in [0.4, 0.5) is 5.82 Å². The third kappa shape index (κ3) is 1.72. The molecule has 1 saturated heterocycles. The Bertz CT molecular complexity index is 453. The number of rotatable bonds is 1. The highest BCUT2D eigenvalue weighted by Crippen LogP contribution is 2.24. The van der Waals surface area contributed by atoms with Crippen molar-refractivity contribution in [3.8, 4) is 0 Å². The number of nitrogens with one attached hydrogen (secondary N) is 2. The number of hydrogen-bond donors (Lipinski definition) is 2. The molecule has 1 fully saturated rings. The SMILES string of the molecule is O=c1nc(N2CCSCC2)c2c([nH]1)CNC2. The highest BCUT2D eigenvalue weighted by Gasteiger charge is 2.22. The van der Waals surface area contributed by atoms with E-state index in [0.717, 1.165) is 49.2 Å². The summed E-state index contributed by atoms with van der Waals surface area (Å²) in [6.45, 7) is 3.56. The molecular weight excluding hydrogens is 224 g/mol. The monoisotopic (exact) mass is 238 g/mol. The standard InChI is InChI=1S/C10H14N4OS/c15-10-12-8-6-11-5-7(8)9(13-10)14-1-3-16-4-2-14/h11H,1-6H2,(H,12,13,15). The Morgan fingerprint density at radius 3 is 2.88 bits per heavy atom. The number of thioether (sulfide) groups is 1. The maximum atomic E-state index is 11.5. The van der Waals surface area contributed by atoms with E-state index in [1.807, 2.05) is 11.8 Å². The van der Waals surface area contributed by atoms with Crippen molar-refractivity contribution < 1.29 is 0 Å². The van der Waals surface area contributed by atoms with E-state index in [9.17, 15) is 4.79 Å². The Balaban J connectivity index is 2.02. The van der Waals surface area contributed by atoms with Crippen LogP contribution in [0.5, 0.6) is 0 Å². The number of nitrogens with zero attached hydrogens (tertiary/aromatic N) is 2. The van der Waals surface area contributed by atoms with Crippen LogP contribution >= 0.6 is 11.8 Å². The van der Waals surface area contributed by atoms with Crippen molar-refractivity contribution in [3.63, 3.8) is 0 Å². The van der Waals surface area contributed by atoms with Crippen LogP contribution in [-0.4, -0.2) is 34.6 Å². The molecule has 2 N–H and O–H groups in total. The quantitative estimate of drug-likeness (QED) is 0.717. The molecule has 0 aromatic carbocycles. The minimum atomic E-state index is -0.226. The largest absolute Gasteiger partial charge is 0.354 e. The molecule has 0 atom stereocenters. The van der Waals surface area contributed by atoms with Crippen LogP contribution in [-0.2, 0) is 13.1 Å². The van der Waals surface area contributed by atoms with Crippen LogP contribution in [0, 0.1) is 0 Å². The molecule has 2 aliphatic rings. The van der Waals surface area contributed by atoms with Crippen molar-refractivity contribution in [2.24, 2.45) is 0 Å². The van der Waals surface area contributed by atoms with Gasteiger partial charge in [0.05, 0.1) is 0 Å². The van der Waals surface area contributed by atoms with Gasteiger partial charge in [0.2, 0.25) is 0 Å². The van der Waals surface area contributed by atoms with E-state index in [-0.39, 0.29) is 5.69 Å². The average molecular weight is 238 g/mol. The normalized spacial score (nSPS) is 19.9. The number of aromatic nitrogens is 2. The first-order chi connectivity index (χ1) is 7.84. The number of fused-ring (bicyclic) bond motifs is 1. The molecule has 16 heavy (non-hydrogen) atoms. The lowest BCUT2D eigenvalue weighted by molar-refractivity contribution is 0.754. The molecule has 86 valence electrons. The van der Waals surface area contributed by atoms with Crippen molar-refractivity contribution in [2.75, 3.05) is 29.5 Å². The van der Waals surface area contributed by atoms with E-state index in [0.29, 0.717) is 0 Å². The molecule has 6 heteroatoms. The second-order valence-electron chi connectivity index (χ2n) is 4.03. The number of anilines is 1. The molecule has 0 unspecified atom stereocenters. The fourth-order valence-electron chi connectivity index (χ4n) is 2.22. The summed E-state index contributed by atoms with van der Waals surface area (Å²) in [4.78, 5) is 20.6. The van der Waals surface area contributed by atoms with Gasteiger partial charge in [-0.3, -0.25) is 0 Å². The Morgan fingerprint density at radius 1 is 1.25 bits per heavy atom. The third-order valence-corrected chi connectivity index (χ3v) is 3.96. The van der Waals surface area contributed by atoms with Gasteiger partial charge in [0.1, 0.15) is 5.82 Å². The second-order valence-corrected chi connectivity index (χ2v) is 5.25. The van der Waals surface area contributed by atoms with Gasteiger partial charge in [-0.05, 0) is 0 Å². The molecule has 2 aliphatic heterocycles. The van der Waals surface area contributed by atoms with Gasteiger partial charge in [0.25, 0.3) is 0 Å². The van der Waals surface area contributed by atoms with Gasteiger partial charge in [-0.25, -0.2) is 4.79 Å². The summed E-state index contributed by atoms with van der Waals surface area (Å²) in [6.07, 6.45) is 0. The Kier molecular flexibility index (Phi) is 2.61. The van der Waals surface area contributed by atoms with Crippen molar-refractivity contribution in [1.29, 1.82) is 0 Å². The van der Waals surface area contributed by atoms with Crippen LogP contribution in [0.25, 0.3) is 0 Å². The van der Waals surface area contributed by atoms with Crippen LogP contribution in [0.3, 0.4) is 0 Å². The maximum absolute atomic E-state index is 11.5. The molecule has 0 bridgehead atoms. The topological polar surface area (TPSA) is 61.0 Å². The van der Waals surface area contributed by atoms with Crippen LogP contribution < -0.4 is 15.9 Å². The average Bonchev–Trinajstić information content (AvgIpc) is 2.77. The van der Waals surface area contributed by atoms with Gasteiger partial charge in [-0.2, -0.15) is 16.7 Å². The lowest BCUT2D eigenvalue weighted by Gasteiger charge is -2.28. The van der Waals surface area contributed by atoms with Crippen molar-refractivity contribution in [3.05, 3.63) is 21.7 Å². The Labute approximate surface area is 97.6 Å². The van der Waals surface area contributed by atoms with Gasteiger partial charge in [0, 0.05) is 48.9 Å². The predicted molar refractivity (Wildman–Crippen MR) is 64.9 cm³/mol. The summed E-state index contributed by atoms with van der Waals surface area (Å²) in [5.74, 6) is 3.14. The molecule has 3 heterocycles. The first-order valence-corrected chi connectivity index (χ1v) is 6.65. The fourth-order valence-corrected chi connectivity index (χ4v) is 3.12. The van der Waals surface area contributed by atoms with E-state index >= 15 is 0 Å². The van der Waals surface area contributed by atoms with Crippen molar-refractivity contribution in [2.45, 2.75) is 13.1 Å². The molecule has 0 spiro atoms. The van der Waals surface area contributed by atoms with E-state index < -0.39 is 0 Å². The Hall–Kier alpha value is -1.01. The molecule has 1 aromatic rings. The highest BCUT2D eigenvalue weighted by molar-refractivity contribution is 7.99. The minimum Gasteiger partial charge on any atom is -0.354 e. The van der Waals surface area contributed by atoms with Crippen LogP contribution in [0.15, 0.2) is 4.79 Å². The van der Waals surface area contributed by atoms with Crippen LogP contribution in [0.2, 0.25) is 0 Å². The molecule has 3 rings (SSSR count). The summed E-state index contributed by atoms with van der Waals surface area (Å²) < 4.78 is 0. The molecule has 0 amide bonds. The van der Waals surface area contributed by atoms with E-state index in [2.05, 4.69) is 20.2 Å². The lowest BCUT2D eigenvalue weighted by atomic mass is 10.2. The smallest absolute Gasteiger partial charge is 0.347 e. The molecule has 5 nitrogen and oxygen atoms in total. The summed E-state index contributed by atoms with van der Waals surface area (Å²) in [7, 11) is 0. The maximum Gasteiger partial charge on any atom is 0.347 e. The van der Waals surface area contributed by atoms with Gasteiger partial charge in [-0.1, -0.05) is 0 Å². The fraction of sp³-hybridized carbons (Fsp3) is 0.600. The van der Waals surface area contributed by atoms with Gasteiger partial charge in [0.15, 0.2) is 0 Å². The summed E-state index contributed by atoms with van der Waals surface area (Å²) in [6, 6.07) is 0. The Morgan fingerprint density at radius 2 is 2.06 bits per heavy atom. The zero-order valence-electron chi connectivity index (χ0n) is 8.95.